The Labute approximate surface area is 179 Å². The number of carbonyl (C=O) groups is 1. The SMILES string of the molecule is CCCCOc1ccc(C(=O)N2CCc3nc(-c4cccc(F)c4)[nH]c(=O)c3C2)cc1. The first-order valence-electron chi connectivity index (χ1n) is 10.5. The zero-order chi connectivity index (χ0) is 21.8. The number of H-pyrrole nitrogens is 1. The van der Waals surface area contributed by atoms with Crippen molar-refractivity contribution in [3.05, 3.63) is 81.5 Å². The predicted octanol–water partition coefficient (Wildman–Crippen LogP) is 3.95. The molecule has 0 unspecified atom stereocenters. The molecule has 0 spiro atoms. The fourth-order valence-electron chi connectivity index (χ4n) is 3.58. The average Bonchev–Trinajstić information content (AvgIpc) is 2.79. The minimum absolute atomic E-state index is 0.139. The van der Waals surface area contributed by atoms with E-state index in [1.165, 1.54) is 12.1 Å². The molecule has 2 heterocycles. The van der Waals surface area contributed by atoms with Crippen molar-refractivity contribution < 1.29 is 13.9 Å². The van der Waals surface area contributed by atoms with Crippen LogP contribution in [0.2, 0.25) is 0 Å². The minimum Gasteiger partial charge on any atom is -0.494 e. The van der Waals surface area contributed by atoms with Crippen molar-refractivity contribution in [1.82, 2.24) is 14.9 Å². The van der Waals surface area contributed by atoms with Gasteiger partial charge in [0.1, 0.15) is 17.4 Å². The molecular weight excluding hydrogens is 397 g/mol. The number of hydrogen-bond acceptors (Lipinski definition) is 4. The molecule has 0 atom stereocenters. The average molecular weight is 421 g/mol. The second kappa shape index (κ2) is 9.12. The number of amides is 1. The van der Waals surface area contributed by atoms with Crippen molar-refractivity contribution in [3.8, 4) is 17.1 Å². The molecule has 31 heavy (non-hydrogen) atoms. The summed E-state index contributed by atoms with van der Waals surface area (Å²) in [5, 5.41) is 0. The molecule has 2 aromatic carbocycles. The molecule has 1 amide bonds. The predicted molar refractivity (Wildman–Crippen MR) is 116 cm³/mol. The van der Waals surface area contributed by atoms with Crippen molar-refractivity contribution >= 4 is 5.91 Å². The first-order valence-corrected chi connectivity index (χ1v) is 10.5. The van der Waals surface area contributed by atoms with Gasteiger partial charge in [0.15, 0.2) is 0 Å². The zero-order valence-corrected chi connectivity index (χ0v) is 17.4. The summed E-state index contributed by atoms with van der Waals surface area (Å²) in [6.07, 6.45) is 2.51. The van der Waals surface area contributed by atoms with Gasteiger partial charge in [-0.2, -0.15) is 0 Å². The standard InChI is InChI=1S/C24H24FN3O3/c1-2-3-13-31-19-9-7-16(8-10-19)24(30)28-12-11-21-20(15-28)23(29)27-22(26-21)17-5-4-6-18(25)14-17/h4-10,14H,2-3,11-13,15H2,1H3,(H,26,27,29). The molecule has 7 heteroatoms. The Morgan fingerprint density at radius 2 is 2.03 bits per heavy atom. The van der Waals surface area contributed by atoms with E-state index >= 15 is 0 Å². The van der Waals surface area contributed by atoms with Gasteiger partial charge >= 0.3 is 0 Å². The molecule has 1 N–H and O–H groups in total. The Balaban J connectivity index is 1.50. The summed E-state index contributed by atoms with van der Waals surface area (Å²) < 4.78 is 19.2. The van der Waals surface area contributed by atoms with Crippen LogP contribution in [-0.2, 0) is 13.0 Å². The summed E-state index contributed by atoms with van der Waals surface area (Å²) in [4.78, 5) is 34.5. The van der Waals surface area contributed by atoms with Crippen molar-refractivity contribution in [2.75, 3.05) is 13.2 Å². The van der Waals surface area contributed by atoms with Crippen LogP contribution in [0, 0.1) is 5.82 Å². The maximum atomic E-state index is 13.5. The number of aromatic amines is 1. The Morgan fingerprint density at radius 1 is 1.23 bits per heavy atom. The van der Waals surface area contributed by atoms with Crippen molar-refractivity contribution in [3.63, 3.8) is 0 Å². The highest BCUT2D eigenvalue weighted by Gasteiger charge is 2.25. The Morgan fingerprint density at radius 3 is 2.77 bits per heavy atom. The molecule has 160 valence electrons. The number of benzene rings is 2. The molecule has 0 saturated carbocycles. The third kappa shape index (κ3) is 4.66. The highest BCUT2D eigenvalue weighted by atomic mass is 19.1. The molecule has 0 saturated heterocycles. The second-order valence-corrected chi connectivity index (χ2v) is 7.55. The highest BCUT2D eigenvalue weighted by Crippen LogP contribution is 2.21. The molecule has 0 fully saturated rings. The van der Waals surface area contributed by atoms with E-state index < -0.39 is 5.82 Å². The number of unbranched alkanes of at least 4 members (excludes halogenated alkanes) is 1. The summed E-state index contributed by atoms with van der Waals surface area (Å²) in [7, 11) is 0. The van der Waals surface area contributed by atoms with Gasteiger partial charge in [-0.1, -0.05) is 25.5 Å². The van der Waals surface area contributed by atoms with Gasteiger partial charge in [0.05, 0.1) is 24.4 Å². The second-order valence-electron chi connectivity index (χ2n) is 7.55. The lowest BCUT2D eigenvalue weighted by molar-refractivity contribution is 0.0732. The summed E-state index contributed by atoms with van der Waals surface area (Å²) >= 11 is 0. The van der Waals surface area contributed by atoms with Gasteiger partial charge in [0.25, 0.3) is 11.5 Å². The third-order valence-corrected chi connectivity index (χ3v) is 5.32. The fraction of sp³-hybridized carbons (Fsp3) is 0.292. The Hall–Kier alpha value is -3.48. The van der Waals surface area contributed by atoms with Crippen LogP contribution in [-0.4, -0.2) is 33.9 Å². The van der Waals surface area contributed by atoms with Crippen LogP contribution in [0.25, 0.3) is 11.4 Å². The first kappa shape index (κ1) is 20.8. The molecule has 1 aliphatic rings. The normalized spacial score (nSPS) is 13.0. The Kier molecular flexibility index (Phi) is 6.11. The highest BCUT2D eigenvalue weighted by molar-refractivity contribution is 5.94. The molecule has 3 aromatic rings. The number of rotatable bonds is 6. The summed E-state index contributed by atoms with van der Waals surface area (Å²) in [5.74, 6) is 0.539. The van der Waals surface area contributed by atoms with Crippen LogP contribution in [0.4, 0.5) is 4.39 Å². The van der Waals surface area contributed by atoms with Gasteiger partial charge in [-0.3, -0.25) is 9.59 Å². The van der Waals surface area contributed by atoms with E-state index in [1.54, 1.807) is 41.3 Å². The van der Waals surface area contributed by atoms with E-state index in [-0.39, 0.29) is 18.0 Å². The molecule has 1 aromatic heterocycles. The van der Waals surface area contributed by atoms with E-state index in [0.717, 1.165) is 18.6 Å². The zero-order valence-electron chi connectivity index (χ0n) is 17.4. The summed E-state index contributed by atoms with van der Waals surface area (Å²) in [6, 6.07) is 13.0. The lowest BCUT2D eigenvalue weighted by atomic mass is 10.0. The molecule has 6 nitrogen and oxygen atoms in total. The molecule has 0 aliphatic carbocycles. The first-order chi connectivity index (χ1) is 15.0. The minimum atomic E-state index is -0.392. The number of fused-ring (bicyclic) bond motifs is 1. The monoisotopic (exact) mass is 421 g/mol. The van der Waals surface area contributed by atoms with E-state index in [9.17, 15) is 14.0 Å². The van der Waals surface area contributed by atoms with E-state index in [0.29, 0.717) is 47.8 Å². The number of ether oxygens (including phenoxy) is 1. The van der Waals surface area contributed by atoms with Gasteiger partial charge in [0, 0.05) is 24.1 Å². The molecule has 1 aliphatic heterocycles. The van der Waals surface area contributed by atoms with Crippen LogP contribution < -0.4 is 10.3 Å². The smallest absolute Gasteiger partial charge is 0.256 e. The number of hydrogen-bond donors (Lipinski definition) is 1. The topological polar surface area (TPSA) is 75.3 Å². The largest absolute Gasteiger partial charge is 0.494 e. The van der Waals surface area contributed by atoms with E-state index in [4.69, 9.17) is 4.74 Å². The van der Waals surface area contributed by atoms with Crippen molar-refractivity contribution in [2.45, 2.75) is 32.7 Å². The summed E-state index contributed by atoms with van der Waals surface area (Å²) in [6.45, 7) is 3.40. The molecule has 4 rings (SSSR count). The number of nitrogens with zero attached hydrogens (tertiary/aromatic N) is 2. The number of halogens is 1. The van der Waals surface area contributed by atoms with E-state index in [1.807, 2.05) is 0 Å². The van der Waals surface area contributed by atoms with Crippen LogP contribution in [0.1, 0.15) is 41.4 Å². The van der Waals surface area contributed by atoms with Gasteiger partial charge in [0.2, 0.25) is 0 Å². The van der Waals surface area contributed by atoms with Crippen molar-refractivity contribution in [2.24, 2.45) is 0 Å². The van der Waals surface area contributed by atoms with Crippen LogP contribution >= 0.6 is 0 Å². The van der Waals surface area contributed by atoms with Crippen LogP contribution in [0.3, 0.4) is 0 Å². The van der Waals surface area contributed by atoms with Crippen molar-refractivity contribution in [1.29, 1.82) is 0 Å². The van der Waals surface area contributed by atoms with Gasteiger partial charge in [-0.25, -0.2) is 9.37 Å². The lowest BCUT2D eigenvalue weighted by Gasteiger charge is -2.28. The fourth-order valence-corrected chi connectivity index (χ4v) is 3.58. The van der Waals surface area contributed by atoms with Crippen LogP contribution in [0.15, 0.2) is 53.3 Å². The maximum absolute atomic E-state index is 13.5. The van der Waals surface area contributed by atoms with Crippen LogP contribution in [0.5, 0.6) is 5.75 Å². The third-order valence-electron chi connectivity index (χ3n) is 5.32. The van der Waals surface area contributed by atoms with Gasteiger partial charge < -0.3 is 14.6 Å². The molecular formula is C24H24FN3O3. The summed E-state index contributed by atoms with van der Waals surface area (Å²) in [5.41, 5.74) is 1.87. The van der Waals surface area contributed by atoms with E-state index in [2.05, 4.69) is 16.9 Å². The van der Waals surface area contributed by atoms with Gasteiger partial charge in [-0.15, -0.1) is 0 Å². The van der Waals surface area contributed by atoms with Gasteiger partial charge in [-0.05, 0) is 42.8 Å². The molecule has 0 radical (unpaired) electrons. The Bertz CT molecular complexity index is 1140. The number of carbonyl (C=O) groups excluding carboxylic acids is 1. The lowest BCUT2D eigenvalue weighted by Crippen LogP contribution is -2.39. The number of aromatic nitrogens is 2. The number of nitrogens with one attached hydrogen (secondary N) is 1. The quantitative estimate of drug-likeness (QED) is 0.612. The molecule has 0 bridgehead atoms. The maximum Gasteiger partial charge on any atom is 0.256 e.